The topological polar surface area (TPSA) is 55.5 Å². The number of aliphatic hydroxyl groups is 1. The molecule has 0 aliphatic rings. The molecule has 0 aliphatic carbocycles. The number of ether oxygens (including phenoxy) is 1. The van der Waals surface area contributed by atoms with Gasteiger partial charge in [0.25, 0.3) is 0 Å². The van der Waals surface area contributed by atoms with Crippen LogP contribution in [0.2, 0.25) is 0 Å². The molecule has 0 fully saturated rings. The summed E-state index contributed by atoms with van der Waals surface area (Å²) in [5.74, 6) is -1.33. The van der Waals surface area contributed by atoms with Crippen LogP contribution in [0.4, 0.5) is 8.78 Å². The second kappa shape index (κ2) is 5.23. The van der Waals surface area contributed by atoms with Crippen LogP contribution in [0.3, 0.4) is 0 Å². The van der Waals surface area contributed by atoms with E-state index < -0.39 is 17.2 Å². The van der Waals surface area contributed by atoms with E-state index in [9.17, 15) is 8.78 Å². The lowest BCUT2D eigenvalue weighted by atomic mass is 10.0. The van der Waals surface area contributed by atoms with E-state index in [1.807, 2.05) is 0 Å². The molecule has 1 rings (SSSR count). The lowest BCUT2D eigenvalue weighted by molar-refractivity contribution is 0.173. The number of aliphatic hydroxyl groups excluding tert-OH is 1. The normalized spacial score (nSPS) is 14.6. The summed E-state index contributed by atoms with van der Waals surface area (Å²) in [7, 11) is 0. The Morgan fingerprint density at radius 3 is 2.75 bits per heavy atom. The Morgan fingerprint density at radius 2 is 2.12 bits per heavy atom. The van der Waals surface area contributed by atoms with Crippen molar-refractivity contribution in [2.75, 3.05) is 13.2 Å². The van der Waals surface area contributed by atoms with Crippen LogP contribution >= 0.6 is 0 Å². The molecule has 1 aromatic carbocycles. The summed E-state index contributed by atoms with van der Waals surface area (Å²) >= 11 is 0. The molecule has 1 aromatic rings. The van der Waals surface area contributed by atoms with Crippen molar-refractivity contribution in [2.24, 2.45) is 5.73 Å². The third-order valence-corrected chi connectivity index (χ3v) is 2.19. The van der Waals surface area contributed by atoms with E-state index >= 15 is 0 Å². The van der Waals surface area contributed by atoms with Gasteiger partial charge < -0.3 is 15.6 Å². The maximum Gasteiger partial charge on any atom is 0.165 e. The molecule has 3 nitrogen and oxygen atoms in total. The van der Waals surface area contributed by atoms with E-state index in [4.69, 9.17) is 15.6 Å². The molecule has 0 heterocycles. The van der Waals surface area contributed by atoms with Gasteiger partial charge in [-0.1, -0.05) is 0 Å². The van der Waals surface area contributed by atoms with Gasteiger partial charge in [-0.2, -0.15) is 0 Å². The Morgan fingerprint density at radius 1 is 1.44 bits per heavy atom. The highest BCUT2D eigenvalue weighted by molar-refractivity contribution is 5.24. The average molecular weight is 231 g/mol. The minimum atomic E-state index is -0.774. The maximum atomic E-state index is 13.1. The second-order valence-corrected chi connectivity index (χ2v) is 3.99. The molecule has 1 atom stereocenters. The number of benzene rings is 1. The van der Waals surface area contributed by atoms with E-state index in [1.54, 1.807) is 6.92 Å². The molecular weight excluding hydrogens is 216 g/mol. The van der Waals surface area contributed by atoms with Crippen LogP contribution in [0.15, 0.2) is 18.2 Å². The first-order valence-corrected chi connectivity index (χ1v) is 4.92. The zero-order chi connectivity index (χ0) is 12.2. The minimum absolute atomic E-state index is 0.119. The van der Waals surface area contributed by atoms with Gasteiger partial charge in [-0.15, -0.1) is 0 Å². The number of nitrogens with two attached hydrogens (primary N) is 1. The van der Waals surface area contributed by atoms with Gasteiger partial charge in [0.05, 0.1) is 13.2 Å². The van der Waals surface area contributed by atoms with Crippen LogP contribution in [-0.2, 0) is 0 Å². The summed E-state index contributed by atoms with van der Waals surface area (Å²) in [6.45, 7) is 1.58. The van der Waals surface area contributed by atoms with Crippen molar-refractivity contribution < 1.29 is 18.6 Å². The van der Waals surface area contributed by atoms with Crippen molar-refractivity contribution >= 4 is 0 Å². The van der Waals surface area contributed by atoms with Crippen LogP contribution in [0.1, 0.15) is 13.3 Å². The summed E-state index contributed by atoms with van der Waals surface area (Å²) in [6.07, 6.45) is 0.347. The van der Waals surface area contributed by atoms with Gasteiger partial charge in [-0.05, 0) is 19.1 Å². The summed E-state index contributed by atoms with van der Waals surface area (Å²) in [4.78, 5) is 0. The predicted octanol–water partition coefficient (Wildman–Crippen LogP) is 1.44. The maximum absolute atomic E-state index is 13.1. The van der Waals surface area contributed by atoms with Crippen LogP contribution in [0.25, 0.3) is 0 Å². The molecular formula is C11H15F2NO2. The fourth-order valence-electron chi connectivity index (χ4n) is 1.06. The zero-order valence-corrected chi connectivity index (χ0v) is 9.04. The summed E-state index contributed by atoms with van der Waals surface area (Å²) in [5, 5.41) is 8.88. The molecule has 0 bridgehead atoms. The van der Waals surface area contributed by atoms with E-state index in [2.05, 4.69) is 0 Å². The SMILES string of the molecule is CC(N)(CO)CCOc1cc(F)ccc1F. The third kappa shape index (κ3) is 3.75. The van der Waals surface area contributed by atoms with Gasteiger partial charge in [-0.3, -0.25) is 0 Å². The lowest BCUT2D eigenvalue weighted by Gasteiger charge is -2.21. The number of hydrogen-bond acceptors (Lipinski definition) is 3. The first-order valence-electron chi connectivity index (χ1n) is 4.92. The molecule has 0 radical (unpaired) electrons. The highest BCUT2D eigenvalue weighted by Crippen LogP contribution is 2.18. The molecule has 90 valence electrons. The van der Waals surface area contributed by atoms with Gasteiger partial charge in [0.2, 0.25) is 0 Å². The van der Waals surface area contributed by atoms with Gasteiger partial charge in [0, 0.05) is 18.0 Å². The first kappa shape index (κ1) is 12.9. The summed E-state index contributed by atoms with van der Waals surface area (Å²) < 4.78 is 30.9. The highest BCUT2D eigenvalue weighted by Gasteiger charge is 2.17. The van der Waals surface area contributed by atoms with E-state index in [0.29, 0.717) is 6.42 Å². The number of rotatable bonds is 5. The summed E-state index contributed by atoms with van der Waals surface area (Å²) in [5.41, 5.74) is 4.88. The smallest absolute Gasteiger partial charge is 0.165 e. The Hall–Kier alpha value is -1.20. The van der Waals surface area contributed by atoms with Crippen molar-refractivity contribution in [2.45, 2.75) is 18.9 Å². The van der Waals surface area contributed by atoms with Crippen LogP contribution in [-0.4, -0.2) is 23.9 Å². The van der Waals surface area contributed by atoms with Crippen LogP contribution in [0, 0.1) is 11.6 Å². The van der Waals surface area contributed by atoms with Gasteiger partial charge in [0.1, 0.15) is 5.82 Å². The van der Waals surface area contributed by atoms with E-state index in [0.717, 1.165) is 18.2 Å². The van der Waals surface area contributed by atoms with Crippen molar-refractivity contribution in [3.05, 3.63) is 29.8 Å². The summed E-state index contributed by atoms with van der Waals surface area (Å²) in [6, 6.07) is 2.99. The average Bonchev–Trinajstić information content (AvgIpc) is 2.23. The van der Waals surface area contributed by atoms with Crippen molar-refractivity contribution in [3.63, 3.8) is 0 Å². The van der Waals surface area contributed by atoms with E-state index in [-0.39, 0.29) is 19.0 Å². The lowest BCUT2D eigenvalue weighted by Crippen LogP contribution is -2.41. The Kier molecular flexibility index (Phi) is 4.20. The Balaban J connectivity index is 2.52. The molecule has 16 heavy (non-hydrogen) atoms. The molecule has 5 heteroatoms. The molecule has 0 saturated carbocycles. The molecule has 0 spiro atoms. The standard InChI is InChI=1S/C11H15F2NO2/c1-11(14,7-15)4-5-16-10-6-8(12)2-3-9(10)13/h2-3,6,15H,4-5,7,14H2,1H3. The Labute approximate surface area is 92.8 Å². The van der Waals surface area contributed by atoms with Crippen molar-refractivity contribution in [3.8, 4) is 5.75 Å². The van der Waals surface area contributed by atoms with Crippen molar-refractivity contribution in [1.82, 2.24) is 0 Å². The van der Waals surface area contributed by atoms with Gasteiger partial charge in [0.15, 0.2) is 11.6 Å². The fourth-order valence-corrected chi connectivity index (χ4v) is 1.06. The minimum Gasteiger partial charge on any atom is -0.490 e. The van der Waals surface area contributed by atoms with Crippen molar-refractivity contribution in [1.29, 1.82) is 0 Å². The number of halogens is 2. The second-order valence-electron chi connectivity index (χ2n) is 3.99. The molecule has 0 amide bonds. The van der Waals surface area contributed by atoms with Crippen LogP contribution in [0.5, 0.6) is 5.75 Å². The predicted molar refractivity (Wildman–Crippen MR) is 56.1 cm³/mol. The molecule has 0 aromatic heterocycles. The zero-order valence-electron chi connectivity index (χ0n) is 9.04. The molecule has 1 unspecified atom stereocenters. The third-order valence-electron chi connectivity index (χ3n) is 2.19. The first-order chi connectivity index (χ1) is 7.44. The quantitative estimate of drug-likeness (QED) is 0.806. The van der Waals surface area contributed by atoms with Gasteiger partial charge in [-0.25, -0.2) is 8.78 Å². The monoisotopic (exact) mass is 231 g/mol. The Bertz CT molecular complexity index is 356. The largest absolute Gasteiger partial charge is 0.490 e. The van der Waals surface area contributed by atoms with Crippen LogP contribution < -0.4 is 10.5 Å². The molecule has 0 saturated heterocycles. The highest BCUT2D eigenvalue weighted by atomic mass is 19.1. The molecule has 3 N–H and O–H groups in total. The van der Waals surface area contributed by atoms with Gasteiger partial charge >= 0.3 is 0 Å². The molecule has 0 aliphatic heterocycles. The van der Waals surface area contributed by atoms with E-state index in [1.165, 1.54) is 0 Å². The number of hydrogen-bond donors (Lipinski definition) is 2. The fraction of sp³-hybridized carbons (Fsp3) is 0.455.